The van der Waals surface area contributed by atoms with E-state index in [1.807, 2.05) is 7.11 Å². The Morgan fingerprint density at radius 2 is 1.47 bits per heavy atom. The summed E-state index contributed by atoms with van der Waals surface area (Å²) in [7, 11) is 0.968. The molecule has 3 rings (SSSR count). The maximum atomic E-state index is 6.13. The molecular formula is C27H39O2Si. The third kappa shape index (κ3) is 5.84. The highest BCUT2D eigenvalue weighted by Crippen LogP contribution is 2.45. The molecule has 2 nitrogen and oxygen atoms in total. The van der Waals surface area contributed by atoms with E-state index in [9.17, 15) is 0 Å². The van der Waals surface area contributed by atoms with Gasteiger partial charge in [0.1, 0.15) is 8.80 Å². The summed E-state index contributed by atoms with van der Waals surface area (Å²) < 4.78 is 12.0. The van der Waals surface area contributed by atoms with Crippen molar-refractivity contribution in [2.45, 2.75) is 57.9 Å². The Bertz CT molecular complexity index is 675. The minimum atomic E-state index is -0.901. The van der Waals surface area contributed by atoms with E-state index in [0.717, 1.165) is 19.8 Å². The monoisotopic (exact) mass is 423 g/mol. The number of hydrogen-bond donors (Lipinski definition) is 0. The standard InChI is InChI=1S/C27H39O2Si/c1-4-29-22-27(21-28-3,24-14-8-5-9-15-24)20-23(2)30(25-16-10-6-11-17-25)26-18-12-7-13-19-26/h6-7,10-13,16-19,23-24H,4-5,8-9,14-15,20-22H2,1-3H3. The molecule has 0 bridgehead atoms. The maximum Gasteiger partial charge on any atom is 0.124 e. The number of rotatable bonds is 11. The van der Waals surface area contributed by atoms with Crippen LogP contribution in [0.25, 0.3) is 0 Å². The van der Waals surface area contributed by atoms with Crippen LogP contribution < -0.4 is 10.4 Å². The molecule has 1 saturated carbocycles. The molecular weight excluding hydrogens is 384 g/mol. The Labute approximate surface area is 185 Å². The molecule has 2 unspecified atom stereocenters. The molecule has 30 heavy (non-hydrogen) atoms. The number of ether oxygens (including phenoxy) is 2. The molecule has 1 aliphatic carbocycles. The molecule has 0 saturated heterocycles. The predicted octanol–water partition coefficient (Wildman–Crippen LogP) is 5.33. The Kier molecular flexibility index (Phi) is 9.17. The van der Waals surface area contributed by atoms with Gasteiger partial charge in [-0.3, -0.25) is 0 Å². The van der Waals surface area contributed by atoms with Crippen molar-refractivity contribution in [2.24, 2.45) is 11.3 Å². The van der Waals surface area contributed by atoms with Crippen molar-refractivity contribution in [1.82, 2.24) is 0 Å². The van der Waals surface area contributed by atoms with Gasteiger partial charge < -0.3 is 9.47 Å². The molecule has 2 aromatic carbocycles. The molecule has 0 N–H and O–H groups in total. The zero-order valence-corrected chi connectivity index (χ0v) is 20.1. The SMILES string of the molecule is CCOCC(COC)(CC(C)[Si](c1ccccc1)c1ccccc1)C1CCCCC1. The minimum Gasteiger partial charge on any atom is -0.384 e. The van der Waals surface area contributed by atoms with E-state index in [1.54, 1.807) is 0 Å². The van der Waals surface area contributed by atoms with Gasteiger partial charge in [-0.1, -0.05) is 97.2 Å². The van der Waals surface area contributed by atoms with Gasteiger partial charge in [-0.2, -0.15) is 0 Å². The first-order chi connectivity index (χ1) is 14.7. The predicted molar refractivity (Wildman–Crippen MR) is 129 cm³/mol. The second kappa shape index (κ2) is 11.8. The first-order valence-electron chi connectivity index (χ1n) is 11.7. The zero-order valence-electron chi connectivity index (χ0n) is 19.1. The largest absolute Gasteiger partial charge is 0.384 e. The van der Waals surface area contributed by atoms with Gasteiger partial charge in [0.25, 0.3) is 0 Å². The molecule has 0 aliphatic heterocycles. The lowest BCUT2D eigenvalue weighted by molar-refractivity contribution is -0.0566. The highest BCUT2D eigenvalue weighted by molar-refractivity contribution is 6.86. The zero-order chi connectivity index (χ0) is 21.2. The minimum absolute atomic E-state index is 0.115. The maximum absolute atomic E-state index is 6.13. The van der Waals surface area contributed by atoms with Crippen LogP contribution >= 0.6 is 0 Å². The lowest BCUT2D eigenvalue weighted by atomic mass is 9.67. The smallest absolute Gasteiger partial charge is 0.124 e. The number of hydrogen-bond acceptors (Lipinski definition) is 2. The van der Waals surface area contributed by atoms with Gasteiger partial charge in [-0.05, 0) is 37.6 Å². The highest BCUT2D eigenvalue weighted by atomic mass is 28.3. The second-order valence-electron chi connectivity index (χ2n) is 9.02. The van der Waals surface area contributed by atoms with Crippen molar-refractivity contribution < 1.29 is 9.47 Å². The van der Waals surface area contributed by atoms with Crippen LogP contribution in [-0.2, 0) is 9.47 Å². The lowest BCUT2D eigenvalue weighted by Crippen LogP contribution is -2.49. The van der Waals surface area contributed by atoms with Crippen molar-refractivity contribution in [3.8, 4) is 0 Å². The summed E-state index contributed by atoms with van der Waals surface area (Å²) in [6, 6.07) is 22.4. The Hall–Kier alpha value is -1.42. The van der Waals surface area contributed by atoms with Crippen molar-refractivity contribution in [3.05, 3.63) is 60.7 Å². The fourth-order valence-corrected chi connectivity index (χ4v) is 8.74. The molecule has 2 atom stereocenters. The summed E-state index contributed by atoms with van der Waals surface area (Å²) in [5.74, 6) is 0.704. The summed E-state index contributed by atoms with van der Waals surface area (Å²) in [5.41, 5.74) is 0.710. The number of benzene rings is 2. The third-order valence-corrected chi connectivity index (χ3v) is 9.97. The van der Waals surface area contributed by atoms with Crippen molar-refractivity contribution in [2.75, 3.05) is 26.9 Å². The lowest BCUT2D eigenvalue weighted by Gasteiger charge is -2.44. The van der Waals surface area contributed by atoms with E-state index in [1.165, 1.54) is 48.9 Å². The van der Waals surface area contributed by atoms with Crippen LogP contribution in [0, 0.1) is 11.3 Å². The molecule has 0 amide bonds. The molecule has 163 valence electrons. The summed E-state index contributed by atoms with van der Waals surface area (Å²) in [6.45, 7) is 7.01. The van der Waals surface area contributed by atoms with Gasteiger partial charge in [0.05, 0.1) is 13.2 Å². The number of methoxy groups -OCH3 is 1. The molecule has 0 spiro atoms. The van der Waals surface area contributed by atoms with Crippen molar-refractivity contribution in [1.29, 1.82) is 0 Å². The van der Waals surface area contributed by atoms with E-state index in [4.69, 9.17) is 9.47 Å². The van der Waals surface area contributed by atoms with Crippen LogP contribution in [0.4, 0.5) is 0 Å². The summed E-state index contributed by atoms with van der Waals surface area (Å²) in [4.78, 5) is 0. The van der Waals surface area contributed by atoms with Crippen LogP contribution in [0.15, 0.2) is 60.7 Å². The van der Waals surface area contributed by atoms with Crippen LogP contribution in [-0.4, -0.2) is 35.7 Å². The molecule has 3 heteroatoms. The fourth-order valence-electron chi connectivity index (χ4n) is 5.55. The van der Waals surface area contributed by atoms with Crippen LogP contribution in [0.5, 0.6) is 0 Å². The van der Waals surface area contributed by atoms with E-state index in [-0.39, 0.29) is 5.41 Å². The van der Waals surface area contributed by atoms with Gasteiger partial charge in [-0.25, -0.2) is 0 Å². The van der Waals surface area contributed by atoms with E-state index in [2.05, 4.69) is 74.5 Å². The summed E-state index contributed by atoms with van der Waals surface area (Å²) in [5, 5.41) is 3.01. The van der Waals surface area contributed by atoms with Crippen LogP contribution in [0.1, 0.15) is 52.4 Å². The van der Waals surface area contributed by atoms with Crippen LogP contribution in [0.3, 0.4) is 0 Å². The second-order valence-corrected chi connectivity index (χ2v) is 12.0. The highest BCUT2D eigenvalue weighted by Gasteiger charge is 2.42. The summed E-state index contributed by atoms with van der Waals surface area (Å²) in [6.07, 6.45) is 7.90. The Morgan fingerprint density at radius 3 is 1.97 bits per heavy atom. The molecule has 2 aromatic rings. The molecule has 1 radical (unpaired) electrons. The molecule has 1 aliphatic rings. The first-order valence-corrected chi connectivity index (χ1v) is 13.3. The topological polar surface area (TPSA) is 18.5 Å². The normalized spacial score (nSPS) is 18.3. The van der Waals surface area contributed by atoms with Gasteiger partial charge in [0.15, 0.2) is 0 Å². The first kappa shape index (κ1) is 23.2. The van der Waals surface area contributed by atoms with Gasteiger partial charge in [-0.15, -0.1) is 0 Å². The van der Waals surface area contributed by atoms with Crippen LogP contribution in [0.2, 0.25) is 5.54 Å². The molecule has 0 aromatic heterocycles. The van der Waals surface area contributed by atoms with Crippen molar-refractivity contribution >= 4 is 19.2 Å². The van der Waals surface area contributed by atoms with Gasteiger partial charge in [0.2, 0.25) is 0 Å². The summed E-state index contributed by atoms with van der Waals surface area (Å²) >= 11 is 0. The molecule has 0 heterocycles. The molecule has 1 fully saturated rings. The Morgan fingerprint density at radius 1 is 0.900 bits per heavy atom. The third-order valence-electron chi connectivity index (χ3n) is 6.87. The van der Waals surface area contributed by atoms with Crippen molar-refractivity contribution in [3.63, 3.8) is 0 Å². The van der Waals surface area contributed by atoms with E-state index in [0.29, 0.717) is 11.5 Å². The van der Waals surface area contributed by atoms with Gasteiger partial charge >= 0.3 is 0 Å². The average molecular weight is 424 g/mol. The fraction of sp³-hybridized carbons (Fsp3) is 0.556. The van der Waals surface area contributed by atoms with E-state index >= 15 is 0 Å². The quantitative estimate of drug-likeness (QED) is 0.455. The average Bonchev–Trinajstić information content (AvgIpc) is 2.80. The Balaban J connectivity index is 1.93. The van der Waals surface area contributed by atoms with Gasteiger partial charge in [0, 0.05) is 19.1 Å². The van der Waals surface area contributed by atoms with E-state index < -0.39 is 8.80 Å².